The van der Waals surface area contributed by atoms with Crippen molar-refractivity contribution in [3.8, 4) is 5.69 Å². The minimum atomic E-state index is 0.234. The van der Waals surface area contributed by atoms with Gasteiger partial charge in [-0.1, -0.05) is 6.92 Å². The van der Waals surface area contributed by atoms with Crippen LogP contribution in [0.4, 0.5) is 5.69 Å². The Kier molecular flexibility index (Phi) is 6.20. The Morgan fingerprint density at radius 1 is 1.23 bits per heavy atom. The van der Waals surface area contributed by atoms with E-state index in [0.29, 0.717) is 22.5 Å². The highest BCUT2D eigenvalue weighted by Crippen LogP contribution is 2.39. The number of rotatable bonds is 7. The van der Waals surface area contributed by atoms with Gasteiger partial charge in [0, 0.05) is 43.0 Å². The first-order valence-electron chi connectivity index (χ1n) is 10.9. The predicted molar refractivity (Wildman–Crippen MR) is 123 cm³/mol. The third-order valence-corrected chi connectivity index (χ3v) is 6.43. The summed E-state index contributed by atoms with van der Waals surface area (Å²) in [6, 6.07) is 7.19. The van der Waals surface area contributed by atoms with Gasteiger partial charge in [-0.25, -0.2) is 4.68 Å². The zero-order valence-electron chi connectivity index (χ0n) is 18.0. The highest BCUT2D eigenvalue weighted by Gasteiger charge is 2.43. The number of likely N-dealkylation sites (tertiary alicyclic amines) is 2. The van der Waals surface area contributed by atoms with E-state index < -0.39 is 0 Å². The number of nitrogens with one attached hydrogen (secondary N) is 3. The van der Waals surface area contributed by atoms with E-state index >= 15 is 0 Å². The lowest BCUT2D eigenvalue weighted by Gasteiger charge is -2.25. The van der Waals surface area contributed by atoms with Crippen LogP contribution in [0.25, 0.3) is 5.69 Å². The maximum atomic E-state index is 9.56. The standard InChI is InChI=1S/C23H31N7O/c1-2-11-28-13-8-23(16-28)9-14-29(17-23)22(25)7-6-20(24)19-5-4-18(15-21(19)27-31)30-12-3-10-26-30/h3-7,10,12,15,24-25,27,31H,2,8-9,11,13-14,16-17H2,1H3. The van der Waals surface area contributed by atoms with Crippen molar-refractivity contribution in [2.75, 3.05) is 38.2 Å². The van der Waals surface area contributed by atoms with Crippen molar-refractivity contribution in [2.45, 2.75) is 26.2 Å². The molecule has 164 valence electrons. The highest BCUT2D eigenvalue weighted by molar-refractivity contribution is 6.12. The van der Waals surface area contributed by atoms with E-state index in [2.05, 4.69) is 27.3 Å². The van der Waals surface area contributed by atoms with Crippen LogP contribution in [-0.4, -0.2) is 69.1 Å². The molecule has 1 aromatic carbocycles. The van der Waals surface area contributed by atoms with Gasteiger partial charge in [0.15, 0.2) is 0 Å². The Balaban J connectivity index is 1.40. The largest absolute Gasteiger partial charge is 0.356 e. The zero-order valence-corrected chi connectivity index (χ0v) is 18.0. The molecule has 4 N–H and O–H groups in total. The summed E-state index contributed by atoms with van der Waals surface area (Å²) < 4.78 is 1.69. The first-order chi connectivity index (χ1) is 15.0. The van der Waals surface area contributed by atoms with E-state index in [1.165, 1.54) is 19.4 Å². The summed E-state index contributed by atoms with van der Waals surface area (Å²) in [5.41, 5.74) is 4.51. The molecule has 1 atom stereocenters. The van der Waals surface area contributed by atoms with Crippen LogP contribution >= 0.6 is 0 Å². The second kappa shape index (κ2) is 9.03. The average Bonchev–Trinajstić information content (AvgIpc) is 3.54. The molecule has 0 amide bonds. The van der Waals surface area contributed by atoms with Crippen molar-refractivity contribution in [3.63, 3.8) is 0 Å². The second-order valence-corrected chi connectivity index (χ2v) is 8.62. The Morgan fingerprint density at radius 3 is 2.81 bits per heavy atom. The van der Waals surface area contributed by atoms with Gasteiger partial charge in [-0.15, -0.1) is 0 Å². The van der Waals surface area contributed by atoms with Crippen molar-refractivity contribution in [2.24, 2.45) is 5.41 Å². The molecule has 1 unspecified atom stereocenters. The molecule has 8 heteroatoms. The summed E-state index contributed by atoms with van der Waals surface area (Å²) >= 11 is 0. The van der Waals surface area contributed by atoms with Crippen LogP contribution in [0.2, 0.25) is 0 Å². The van der Waals surface area contributed by atoms with Gasteiger partial charge in [-0.2, -0.15) is 5.10 Å². The van der Waals surface area contributed by atoms with Gasteiger partial charge in [0.05, 0.1) is 17.1 Å². The molecule has 1 aromatic heterocycles. The predicted octanol–water partition coefficient (Wildman–Crippen LogP) is 3.38. The van der Waals surface area contributed by atoms with Crippen LogP contribution < -0.4 is 5.48 Å². The molecule has 0 radical (unpaired) electrons. The Morgan fingerprint density at radius 2 is 2.06 bits per heavy atom. The Labute approximate surface area is 183 Å². The molecule has 0 bridgehead atoms. The summed E-state index contributed by atoms with van der Waals surface area (Å²) in [6.07, 6.45) is 10.4. The second-order valence-electron chi connectivity index (χ2n) is 8.62. The van der Waals surface area contributed by atoms with Crippen LogP contribution in [0.1, 0.15) is 31.7 Å². The van der Waals surface area contributed by atoms with Crippen molar-refractivity contribution in [1.29, 1.82) is 10.8 Å². The van der Waals surface area contributed by atoms with E-state index in [-0.39, 0.29) is 5.71 Å². The Hall–Kier alpha value is -2.97. The van der Waals surface area contributed by atoms with E-state index in [4.69, 9.17) is 10.8 Å². The van der Waals surface area contributed by atoms with Gasteiger partial charge in [-0.05, 0) is 68.8 Å². The maximum Gasteiger partial charge on any atom is 0.120 e. The van der Waals surface area contributed by atoms with Gasteiger partial charge in [0.1, 0.15) is 5.84 Å². The lowest BCUT2D eigenvalue weighted by Crippen LogP contribution is -2.33. The number of nitrogens with zero attached hydrogens (tertiary/aromatic N) is 4. The molecule has 8 nitrogen and oxygen atoms in total. The SMILES string of the molecule is CCCN1CCC2(CCN(C(=N)C=CC(=N)c3ccc(-n4cccn4)cc3NO)C2)C1. The summed E-state index contributed by atoms with van der Waals surface area (Å²) in [6.45, 7) is 7.52. The topological polar surface area (TPSA) is 104 Å². The van der Waals surface area contributed by atoms with Gasteiger partial charge in [-0.3, -0.25) is 16.1 Å². The number of hydrogen-bond donors (Lipinski definition) is 4. The smallest absolute Gasteiger partial charge is 0.120 e. The van der Waals surface area contributed by atoms with Crippen molar-refractivity contribution in [3.05, 3.63) is 54.4 Å². The summed E-state index contributed by atoms with van der Waals surface area (Å²) in [7, 11) is 0. The molecule has 2 fully saturated rings. The molecule has 0 aliphatic carbocycles. The van der Waals surface area contributed by atoms with Crippen LogP contribution in [0.3, 0.4) is 0 Å². The lowest BCUT2D eigenvalue weighted by atomic mass is 9.86. The molecule has 2 aliphatic heterocycles. The van der Waals surface area contributed by atoms with Gasteiger partial charge >= 0.3 is 0 Å². The highest BCUT2D eigenvalue weighted by atomic mass is 16.5. The van der Waals surface area contributed by atoms with Gasteiger partial charge < -0.3 is 15.2 Å². The molecule has 2 aliphatic rings. The fourth-order valence-corrected chi connectivity index (χ4v) is 4.79. The van der Waals surface area contributed by atoms with Crippen LogP contribution in [0, 0.1) is 16.2 Å². The molecule has 4 rings (SSSR count). The molecular formula is C23H31N7O. The average molecular weight is 422 g/mol. The number of amidine groups is 1. The third-order valence-electron chi connectivity index (χ3n) is 6.43. The van der Waals surface area contributed by atoms with Gasteiger partial charge in [0.2, 0.25) is 0 Å². The number of benzene rings is 1. The zero-order chi connectivity index (χ0) is 21.8. The maximum absolute atomic E-state index is 9.56. The quantitative estimate of drug-likeness (QED) is 0.312. The molecule has 1 spiro atoms. The van der Waals surface area contributed by atoms with Crippen molar-refractivity contribution in [1.82, 2.24) is 19.6 Å². The summed E-state index contributed by atoms with van der Waals surface area (Å²) in [5.74, 6) is 0.447. The Bertz CT molecular complexity index is 968. The number of allylic oxidation sites excluding steroid dienone is 1. The molecule has 31 heavy (non-hydrogen) atoms. The summed E-state index contributed by atoms with van der Waals surface area (Å²) in [4.78, 5) is 4.68. The number of anilines is 1. The van der Waals surface area contributed by atoms with Crippen molar-refractivity contribution < 1.29 is 5.21 Å². The first-order valence-corrected chi connectivity index (χ1v) is 10.9. The van der Waals surface area contributed by atoms with E-state index in [1.807, 2.05) is 18.3 Å². The fourth-order valence-electron chi connectivity index (χ4n) is 4.79. The monoisotopic (exact) mass is 421 g/mol. The first kappa shape index (κ1) is 21.3. The van der Waals surface area contributed by atoms with Crippen molar-refractivity contribution >= 4 is 17.2 Å². The van der Waals surface area contributed by atoms with Gasteiger partial charge in [0.25, 0.3) is 0 Å². The summed E-state index contributed by atoms with van der Waals surface area (Å²) in [5, 5.41) is 30.7. The number of aromatic nitrogens is 2. The normalized spacial score (nSPS) is 21.4. The molecule has 2 aromatic rings. The minimum absolute atomic E-state index is 0.234. The fraction of sp³-hybridized carbons (Fsp3) is 0.435. The third kappa shape index (κ3) is 4.55. The molecule has 3 heterocycles. The van der Waals surface area contributed by atoms with Crippen LogP contribution in [0.5, 0.6) is 0 Å². The lowest BCUT2D eigenvalue weighted by molar-refractivity contribution is 0.265. The van der Waals surface area contributed by atoms with E-state index in [9.17, 15) is 5.21 Å². The van der Waals surface area contributed by atoms with E-state index in [1.54, 1.807) is 35.2 Å². The molecule has 0 saturated carbocycles. The minimum Gasteiger partial charge on any atom is -0.356 e. The molecular weight excluding hydrogens is 390 g/mol. The molecule has 2 saturated heterocycles. The van der Waals surface area contributed by atoms with Crippen LogP contribution in [0.15, 0.2) is 48.8 Å². The van der Waals surface area contributed by atoms with E-state index in [0.717, 1.165) is 38.3 Å². The van der Waals surface area contributed by atoms with Crippen LogP contribution in [-0.2, 0) is 0 Å². The number of hydrogen-bond acceptors (Lipinski definition) is 6.